The molecule has 0 aromatic carbocycles. The number of rotatable bonds is 2. The molecule has 0 amide bonds. The van der Waals surface area contributed by atoms with Crippen molar-refractivity contribution in [1.82, 2.24) is 0 Å². The lowest BCUT2D eigenvalue weighted by atomic mass is 10.5. The summed E-state index contributed by atoms with van der Waals surface area (Å²) in [7, 11) is 0. The molecule has 1 heterocycles. The first-order valence-electron chi connectivity index (χ1n) is 4.16. The molecule has 4 nitrogen and oxygen atoms in total. The summed E-state index contributed by atoms with van der Waals surface area (Å²) in [5.74, 6) is -0.264. The second-order valence-electron chi connectivity index (χ2n) is 2.53. The predicted molar refractivity (Wildman–Crippen MR) is 43.5 cm³/mol. The minimum absolute atomic E-state index is 0.264. The highest BCUT2D eigenvalue weighted by Gasteiger charge is 2.13. The standard InChI is InChI=1S/C8H14NO3/c1-2-12-8(10)7-9-3-5-11-6-4-9/h7H,2-6H2,1H3/q+1. The summed E-state index contributed by atoms with van der Waals surface area (Å²) in [6, 6.07) is 0. The molecule has 0 bridgehead atoms. The van der Waals surface area contributed by atoms with E-state index < -0.39 is 0 Å². The molecule has 1 aliphatic heterocycles. The molecule has 1 saturated heterocycles. The minimum Gasteiger partial charge on any atom is -0.459 e. The van der Waals surface area contributed by atoms with Crippen LogP contribution in [0.5, 0.6) is 0 Å². The van der Waals surface area contributed by atoms with Crippen molar-refractivity contribution in [3.8, 4) is 0 Å². The molecule has 0 atom stereocenters. The van der Waals surface area contributed by atoms with Crippen molar-refractivity contribution in [3.05, 3.63) is 0 Å². The van der Waals surface area contributed by atoms with Crippen LogP contribution in [0.3, 0.4) is 0 Å². The van der Waals surface area contributed by atoms with Crippen LogP contribution in [0.1, 0.15) is 6.92 Å². The maximum Gasteiger partial charge on any atom is 0.395 e. The van der Waals surface area contributed by atoms with E-state index in [4.69, 9.17) is 9.47 Å². The van der Waals surface area contributed by atoms with Crippen molar-refractivity contribution < 1.29 is 18.8 Å². The van der Waals surface area contributed by atoms with E-state index in [-0.39, 0.29) is 5.97 Å². The topological polar surface area (TPSA) is 38.5 Å². The van der Waals surface area contributed by atoms with E-state index in [0.717, 1.165) is 13.1 Å². The van der Waals surface area contributed by atoms with Gasteiger partial charge in [0.05, 0.1) is 6.61 Å². The largest absolute Gasteiger partial charge is 0.459 e. The van der Waals surface area contributed by atoms with Crippen LogP contribution in [0, 0.1) is 0 Å². The molecule has 0 aliphatic carbocycles. The van der Waals surface area contributed by atoms with Crippen molar-refractivity contribution in [2.45, 2.75) is 6.92 Å². The van der Waals surface area contributed by atoms with Gasteiger partial charge in [0.15, 0.2) is 13.1 Å². The molecule has 0 aromatic rings. The molecule has 12 heavy (non-hydrogen) atoms. The number of hydrogen-bond acceptors (Lipinski definition) is 3. The lowest BCUT2D eigenvalue weighted by Gasteiger charge is -2.09. The fourth-order valence-electron chi connectivity index (χ4n) is 1.04. The Morgan fingerprint density at radius 2 is 2.25 bits per heavy atom. The SMILES string of the molecule is CCOC(=O)C=[N+]1CCOCC1. The first-order chi connectivity index (χ1) is 5.83. The number of carbonyl (C=O) groups excluding carboxylic acids is 1. The Kier molecular flexibility index (Phi) is 3.73. The summed E-state index contributed by atoms with van der Waals surface area (Å²) in [5.41, 5.74) is 0. The van der Waals surface area contributed by atoms with E-state index in [9.17, 15) is 4.79 Å². The van der Waals surface area contributed by atoms with Crippen LogP contribution < -0.4 is 0 Å². The average Bonchev–Trinajstić information content (AvgIpc) is 2.06. The number of morpholine rings is 1. The second kappa shape index (κ2) is 4.87. The van der Waals surface area contributed by atoms with E-state index >= 15 is 0 Å². The number of hydrogen-bond donors (Lipinski definition) is 0. The van der Waals surface area contributed by atoms with Gasteiger partial charge >= 0.3 is 5.97 Å². The van der Waals surface area contributed by atoms with E-state index in [1.807, 2.05) is 4.58 Å². The monoisotopic (exact) mass is 172 g/mol. The summed E-state index contributed by atoms with van der Waals surface area (Å²) >= 11 is 0. The van der Waals surface area contributed by atoms with Gasteiger partial charge in [-0.25, -0.2) is 9.37 Å². The van der Waals surface area contributed by atoms with Gasteiger partial charge in [-0.1, -0.05) is 0 Å². The van der Waals surface area contributed by atoms with Crippen LogP contribution in [-0.4, -0.2) is 49.7 Å². The van der Waals surface area contributed by atoms with Gasteiger partial charge < -0.3 is 9.47 Å². The van der Waals surface area contributed by atoms with Gasteiger partial charge in [-0.05, 0) is 6.92 Å². The van der Waals surface area contributed by atoms with Crippen LogP contribution in [0.4, 0.5) is 0 Å². The van der Waals surface area contributed by atoms with Gasteiger partial charge in [-0.15, -0.1) is 0 Å². The Balaban J connectivity index is 2.37. The van der Waals surface area contributed by atoms with Gasteiger partial charge in [0.25, 0.3) is 0 Å². The molecular formula is C8H14NO3+. The Hall–Kier alpha value is -0.900. The van der Waals surface area contributed by atoms with Gasteiger partial charge in [-0.3, -0.25) is 0 Å². The van der Waals surface area contributed by atoms with Crippen molar-refractivity contribution in [2.75, 3.05) is 32.9 Å². The average molecular weight is 172 g/mol. The third-order valence-electron chi connectivity index (χ3n) is 1.62. The third kappa shape index (κ3) is 3.00. The Morgan fingerprint density at radius 1 is 1.58 bits per heavy atom. The summed E-state index contributed by atoms with van der Waals surface area (Å²) in [4.78, 5) is 11.0. The Morgan fingerprint density at radius 3 is 2.83 bits per heavy atom. The van der Waals surface area contributed by atoms with Crippen LogP contribution in [0.2, 0.25) is 0 Å². The second-order valence-corrected chi connectivity index (χ2v) is 2.53. The van der Waals surface area contributed by atoms with E-state index in [1.165, 1.54) is 6.21 Å². The summed E-state index contributed by atoms with van der Waals surface area (Å²) in [5, 5.41) is 0. The molecule has 1 fully saturated rings. The molecule has 1 aliphatic rings. The molecule has 0 unspecified atom stereocenters. The first kappa shape index (κ1) is 9.19. The fourth-order valence-corrected chi connectivity index (χ4v) is 1.04. The third-order valence-corrected chi connectivity index (χ3v) is 1.62. The zero-order valence-electron chi connectivity index (χ0n) is 7.28. The van der Waals surface area contributed by atoms with E-state index in [0.29, 0.717) is 19.8 Å². The Labute approximate surface area is 71.8 Å². The highest BCUT2D eigenvalue weighted by molar-refractivity contribution is 6.20. The molecule has 1 rings (SSSR count). The Bertz CT molecular complexity index is 181. The zero-order chi connectivity index (χ0) is 8.81. The minimum atomic E-state index is -0.264. The van der Waals surface area contributed by atoms with E-state index in [1.54, 1.807) is 6.92 Å². The normalized spacial score (nSPS) is 17.2. The van der Waals surface area contributed by atoms with Crippen LogP contribution in [-0.2, 0) is 14.3 Å². The molecule has 68 valence electrons. The van der Waals surface area contributed by atoms with Crippen molar-refractivity contribution >= 4 is 12.2 Å². The molecule has 0 saturated carbocycles. The van der Waals surface area contributed by atoms with Crippen molar-refractivity contribution in [2.24, 2.45) is 0 Å². The highest BCUT2D eigenvalue weighted by Crippen LogP contribution is 1.87. The summed E-state index contributed by atoms with van der Waals surface area (Å²) < 4.78 is 11.8. The molecule has 0 aromatic heterocycles. The van der Waals surface area contributed by atoms with Gasteiger partial charge in [0.2, 0.25) is 6.21 Å². The van der Waals surface area contributed by atoms with Gasteiger partial charge in [0, 0.05) is 0 Å². The van der Waals surface area contributed by atoms with Gasteiger partial charge in [-0.2, -0.15) is 0 Å². The molecule has 0 radical (unpaired) electrons. The lowest BCUT2D eigenvalue weighted by Crippen LogP contribution is -2.31. The number of nitrogens with zero attached hydrogens (tertiary/aromatic N) is 1. The number of esters is 1. The van der Waals surface area contributed by atoms with Crippen LogP contribution in [0.25, 0.3) is 0 Å². The van der Waals surface area contributed by atoms with Crippen molar-refractivity contribution in [1.29, 1.82) is 0 Å². The smallest absolute Gasteiger partial charge is 0.395 e. The fraction of sp³-hybridized carbons (Fsp3) is 0.750. The maximum atomic E-state index is 11.0. The number of ether oxygens (including phenoxy) is 2. The van der Waals surface area contributed by atoms with Crippen LogP contribution >= 0.6 is 0 Å². The summed E-state index contributed by atoms with van der Waals surface area (Å²) in [6.07, 6.45) is 1.51. The van der Waals surface area contributed by atoms with Crippen LogP contribution in [0.15, 0.2) is 0 Å². The quantitative estimate of drug-likeness (QED) is 0.422. The highest BCUT2D eigenvalue weighted by atomic mass is 16.5. The molecular weight excluding hydrogens is 158 g/mol. The zero-order valence-corrected chi connectivity index (χ0v) is 7.28. The molecule has 0 spiro atoms. The molecule has 4 heteroatoms. The first-order valence-corrected chi connectivity index (χ1v) is 4.16. The van der Waals surface area contributed by atoms with Gasteiger partial charge in [0.1, 0.15) is 13.2 Å². The summed E-state index contributed by atoms with van der Waals surface area (Å²) in [6.45, 7) is 5.16. The molecule has 0 N–H and O–H groups in total. The number of carbonyl (C=O) groups is 1. The van der Waals surface area contributed by atoms with E-state index in [2.05, 4.69) is 0 Å². The maximum absolute atomic E-state index is 11.0. The predicted octanol–water partition coefficient (Wildman–Crippen LogP) is -0.337. The van der Waals surface area contributed by atoms with Crippen molar-refractivity contribution in [3.63, 3.8) is 0 Å². The lowest BCUT2D eigenvalue weighted by molar-refractivity contribution is -0.544.